The SMILES string of the molecule is CCCCCCCCCCC[C@@H](CC=O)O[Si](C)(C)C(C)(C)C.CCCCCCCCCCC[C@@H](O)C[C@@H]1OC(=O)[C@H]1OCCOC. The van der Waals surface area contributed by atoms with E-state index in [9.17, 15) is 14.7 Å². The molecule has 0 aromatic heterocycles. The van der Waals surface area contributed by atoms with Gasteiger partial charge >= 0.3 is 5.97 Å². The average Bonchev–Trinajstić information content (AvgIpc) is 3.01. The van der Waals surface area contributed by atoms with E-state index in [1.54, 1.807) is 7.11 Å². The minimum Gasteiger partial charge on any atom is -0.457 e. The molecule has 0 spiro atoms. The molecule has 1 N–H and O–H groups in total. The number of aliphatic hydroxyl groups excluding tert-OH is 1. The van der Waals surface area contributed by atoms with Crippen LogP contribution in [-0.2, 0) is 28.2 Å². The van der Waals surface area contributed by atoms with Crippen LogP contribution in [0.5, 0.6) is 0 Å². The molecule has 4 atom stereocenters. The highest BCUT2D eigenvalue weighted by Crippen LogP contribution is 2.38. The predicted octanol–water partition coefficient (Wildman–Crippen LogP) is 10.5. The maximum atomic E-state index is 11.4. The number of methoxy groups -OCH3 is 1. The Labute approximate surface area is 292 Å². The van der Waals surface area contributed by atoms with Gasteiger partial charge in [0.05, 0.1) is 25.4 Å². The number of esters is 1. The van der Waals surface area contributed by atoms with Crippen LogP contribution >= 0.6 is 0 Å². The monoisotopic (exact) mass is 687 g/mol. The number of aldehydes is 1. The standard InChI is InChI=1S/C20H42O2Si.C19H36O5/c1-7-8-9-10-11-12-13-14-15-16-19(17-18-21)22-23(5,6)20(2,3)4;1-3-4-5-6-7-8-9-10-11-12-16(20)15-17-18(19(21)24-17)23-14-13-22-2/h18-19H,7-17H2,1-6H3;16-18,20H,3-15H2,1-2H3/t19-;16-,17+,18+/m01/s1. The summed E-state index contributed by atoms with van der Waals surface area (Å²) in [7, 11) is -0.166. The topological polar surface area (TPSA) is 91.3 Å². The first kappa shape index (κ1) is 46.2. The third-order valence-corrected chi connectivity index (χ3v) is 14.4. The summed E-state index contributed by atoms with van der Waals surface area (Å²) in [6.07, 6.45) is 26.3. The highest BCUT2D eigenvalue weighted by Gasteiger charge is 2.44. The van der Waals surface area contributed by atoms with E-state index >= 15 is 0 Å². The summed E-state index contributed by atoms with van der Waals surface area (Å²) in [5, 5.41) is 10.3. The van der Waals surface area contributed by atoms with Crippen molar-refractivity contribution in [2.75, 3.05) is 20.3 Å². The van der Waals surface area contributed by atoms with Gasteiger partial charge in [-0.3, -0.25) is 0 Å². The summed E-state index contributed by atoms with van der Waals surface area (Å²) in [5.41, 5.74) is 0. The second-order valence-electron chi connectivity index (χ2n) is 15.3. The molecular weight excluding hydrogens is 609 g/mol. The van der Waals surface area contributed by atoms with Gasteiger partial charge in [0.25, 0.3) is 0 Å². The van der Waals surface area contributed by atoms with Crippen molar-refractivity contribution in [2.45, 2.75) is 218 Å². The van der Waals surface area contributed by atoms with Gasteiger partial charge in [0, 0.05) is 20.0 Å². The lowest BCUT2D eigenvalue weighted by Gasteiger charge is -2.39. The van der Waals surface area contributed by atoms with Crippen molar-refractivity contribution in [3.8, 4) is 0 Å². The number of cyclic esters (lactones) is 1. The van der Waals surface area contributed by atoms with E-state index in [0.29, 0.717) is 26.1 Å². The molecule has 1 fully saturated rings. The Kier molecular flexibility index (Phi) is 28.5. The zero-order chi connectivity index (χ0) is 35.4. The Hall–Kier alpha value is -0.803. The van der Waals surface area contributed by atoms with Crippen LogP contribution in [0.3, 0.4) is 0 Å². The van der Waals surface area contributed by atoms with E-state index < -0.39 is 20.5 Å². The van der Waals surface area contributed by atoms with Crippen LogP contribution < -0.4 is 0 Å². The lowest BCUT2D eigenvalue weighted by atomic mass is 9.98. The van der Waals surface area contributed by atoms with Crippen molar-refractivity contribution in [3.05, 3.63) is 0 Å². The molecule has 0 aliphatic carbocycles. The molecule has 1 saturated heterocycles. The van der Waals surface area contributed by atoms with Gasteiger partial charge in [-0.25, -0.2) is 4.79 Å². The molecular formula is C39H78O7Si. The third kappa shape index (κ3) is 24.1. The lowest BCUT2D eigenvalue weighted by molar-refractivity contribution is -0.211. The van der Waals surface area contributed by atoms with E-state index in [-0.39, 0.29) is 23.2 Å². The smallest absolute Gasteiger partial charge is 0.339 e. The van der Waals surface area contributed by atoms with Gasteiger partial charge in [-0.1, -0.05) is 150 Å². The van der Waals surface area contributed by atoms with E-state index in [0.717, 1.165) is 25.5 Å². The minimum absolute atomic E-state index is 0.137. The number of carbonyl (C=O) groups is 2. The molecule has 0 bridgehead atoms. The number of rotatable bonds is 30. The molecule has 0 aromatic carbocycles. The van der Waals surface area contributed by atoms with Gasteiger partial charge in [-0.05, 0) is 31.0 Å². The Balaban J connectivity index is 0.000000902. The normalized spacial score (nSPS) is 17.8. The molecule has 1 rings (SSSR count). The largest absolute Gasteiger partial charge is 0.457 e. The van der Waals surface area contributed by atoms with Crippen molar-refractivity contribution < 1.29 is 33.3 Å². The maximum absolute atomic E-state index is 11.4. The third-order valence-electron chi connectivity index (χ3n) is 9.82. The molecule has 0 aromatic rings. The molecule has 47 heavy (non-hydrogen) atoms. The van der Waals surface area contributed by atoms with Gasteiger partial charge in [0.2, 0.25) is 0 Å². The van der Waals surface area contributed by atoms with E-state index in [4.69, 9.17) is 18.6 Å². The van der Waals surface area contributed by atoms with Crippen LogP contribution in [0.2, 0.25) is 18.1 Å². The Bertz CT molecular complexity index is 739. The number of hydrogen-bond donors (Lipinski definition) is 1. The molecule has 0 unspecified atom stereocenters. The summed E-state index contributed by atoms with van der Waals surface area (Å²) in [6.45, 7) is 16.7. The molecule has 0 amide bonds. The fourth-order valence-corrected chi connectivity index (χ4v) is 7.05. The molecule has 0 radical (unpaired) electrons. The van der Waals surface area contributed by atoms with Gasteiger partial charge < -0.3 is 28.5 Å². The number of unbranched alkanes of at least 4 members (excludes halogenated alkanes) is 16. The molecule has 280 valence electrons. The number of ether oxygens (including phenoxy) is 3. The highest BCUT2D eigenvalue weighted by molar-refractivity contribution is 6.74. The average molecular weight is 687 g/mol. The van der Waals surface area contributed by atoms with Gasteiger partial charge in [-0.2, -0.15) is 0 Å². The first-order valence-electron chi connectivity index (χ1n) is 19.5. The van der Waals surface area contributed by atoms with Crippen LogP contribution in [0.1, 0.15) is 176 Å². The first-order chi connectivity index (χ1) is 22.4. The zero-order valence-electron chi connectivity index (χ0n) is 32.3. The Morgan fingerprint density at radius 1 is 0.787 bits per heavy atom. The number of aliphatic hydroxyl groups is 1. The predicted molar refractivity (Wildman–Crippen MR) is 199 cm³/mol. The van der Waals surface area contributed by atoms with Gasteiger partial charge in [0.1, 0.15) is 12.4 Å². The fraction of sp³-hybridized carbons (Fsp3) is 0.949. The summed E-state index contributed by atoms with van der Waals surface area (Å²) in [5.74, 6) is -0.327. The molecule has 0 saturated carbocycles. The molecule has 1 heterocycles. The van der Waals surface area contributed by atoms with Crippen LogP contribution in [0.15, 0.2) is 0 Å². The second-order valence-corrected chi connectivity index (χ2v) is 20.0. The quantitative estimate of drug-likeness (QED) is 0.0348. The van der Waals surface area contributed by atoms with Gasteiger partial charge in [0.15, 0.2) is 14.4 Å². The fourth-order valence-electron chi connectivity index (χ4n) is 5.65. The molecule has 1 aliphatic rings. The van der Waals surface area contributed by atoms with Gasteiger partial charge in [-0.15, -0.1) is 0 Å². The van der Waals surface area contributed by atoms with Crippen molar-refractivity contribution in [1.82, 2.24) is 0 Å². The zero-order valence-corrected chi connectivity index (χ0v) is 33.3. The number of carbonyl (C=O) groups excluding carboxylic acids is 2. The molecule has 7 nitrogen and oxygen atoms in total. The lowest BCUT2D eigenvalue weighted by Crippen LogP contribution is -2.53. The van der Waals surface area contributed by atoms with Crippen LogP contribution in [0, 0.1) is 0 Å². The van der Waals surface area contributed by atoms with Crippen molar-refractivity contribution >= 4 is 20.6 Å². The van der Waals surface area contributed by atoms with Crippen LogP contribution in [-0.4, -0.2) is 70.4 Å². The maximum Gasteiger partial charge on any atom is 0.339 e. The second kappa shape index (κ2) is 29.0. The summed E-state index contributed by atoms with van der Waals surface area (Å²) in [4.78, 5) is 22.3. The van der Waals surface area contributed by atoms with Crippen molar-refractivity contribution in [3.63, 3.8) is 0 Å². The minimum atomic E-state index is -1.76. The van der Waals surface area contributed by atoms with Crippen molar-refractivity contribution in [2.24, 2.45) is 0 Å². The number of hydrogen-bond acceptors (Lipinski definition) is 7. The summed E-state index contributed by atoms with van der Waals surface area (Å²) in [6, 6.07) is 0. The Morgan fingerprint density at radius 2 is 1.26 bits per heavy atom. The Morgan fingerprint density at radius 3 is 1.68 bits per heavy atom. The van der Waals surface area contributed by atoms with E-state index in [1.165, 1.54) is 109 Å². The van der Waals surface area contributed by atoms with Crippen LogP contribution in [0.25, 0.3) is 0 Å². The molecule has 1 aliphatic heterocycles. The van der Waals surface area contributed by atoms with Crippen molar-refractivity contribution in [1.29, 1.82) is 0 Å². The van der Waals surface area contributed by atoms with E-state index in [2.05, 4.69) is 47.7 Å². The summed E-state index contributed by atoms with van der Waals surface area (Å²) < 4.78 is 21.8. The van der Waals surface area contributed by atoms with E-state index in [1.807, 2.05) is 0 Å². The summed E-state index contributed by atoms with van der Waals surface area (Å²) >= 11 is 0. The molecule has 8 heteroatoms. The highest BCUT2D eigenvalue weighted by atomic mass is 28.4. The first-order valence-corrected chi connectivity index (χ1v) is 22.4. The van der Waals surface area contributed by atoms with Crippen LogP contribution in [0.4, 0.5) is 0 Å².